The molecule has 4 aromatic carbocycles. The number of benzene rings is 4. The van der Waals surface area contributed by atoms with Gasteiger partial charge in [-0.15, -0.1) is 0 Å². The Bertz CT molecular complexity index is 2860. The average molecular weight is 798 g/mol. The Morgan fingerprint density at radius 2 is 1.25 bits per heavy atom. The van der Waals surface area contributed by atoms with Gasteiger partial charge in [0.05, 0.1) is 22.5 Å². The molecule has 0 saturated carbocycles. The highest BCUT2D eigenvalue weighted by molar-refractivity contribution is 5.93. The van der Waals surface area contributed by atoms with E-state index in [1.54, 1.807) is 0 Å². The van der Waals surface area contributed by atoms with Crippen molar-refractivity contribution in [2.24, 2.45) is 0 Å². The van der Waals surface area contributed by atoms with Crippen LogP contribution >= 0.6 is 0 Å². The second-order valence-corrected chi connectivity index (χ2v) is 18.2. The molecule has 60 heavy (non-hydrogen) atoms. The van der Waals surface area contributed by atoms with Crippen LogP contribution in [0.2, 0.25) is 0 Å². The fourth-order valence-corrected chi connectivity index (χ4v) is 9.34. The minimum Gasteiger partial charge on any atom is -0.422 e. The summed E-state index contributed by atoms with van der Waals surface area (Å²) >= 11 is 0. The number of fused-ring (bicyclic) bond motifs is 3. The normalized spacial score (nSPS) is 15.3. The number of pyridine rings is 1. The van der Waals surface area contributed by atoms with Crippen LogP contribution in [-0.2, 0) is 10.8 Å². The number of hydrogen-bond donors (Lipinski definition) is 0. The molecular weight excluding hydrogens is 743 g/mol. The van der Waals surface area contributed by atoms with Crippen molar-refractivity contribution in [3.05, 3.63) is 135 Å². The maximum atomic E-state index is 13.8. The van der Waals surface area contributed by atoms with Crippen LogP contribution in [0.4, 0.5) is 11.4 Å². The summed E-state index contributed by atoms with van der Waals surface area (Å²) in [5, 5.41) is 1.87. The van der Waals surface area contributed by atoms with Gasteiger partial charge in [0.15, 0.2) is 0 Å². The molecule has 0 amide bonds. The van der Waals surface area contributed by atoms with Crippen LogP contribution in [0.25, 0.3) is 66.7 Å². The van der Waals surface area contributed by atoms with E-state index in [1.165, 1.54) is 16.8 Å². The van der Waals surface area contributed by atoms with Gasteiger partial charge < -0.3 is 18.6 Å². The van der Waals surface area contributed by atoms with E-state index in [9.17, 15) is 9.59 Å². The van der Waals surface area contributed by atoms with E-state index >= 15 is 0 Å². The van der Waals surface area contributed by atoms with E-state index in [2.05, 4.69) is 69.5 Å². The van der Waals surface area contributed by atoms with Crippen molar-refractivity contribution in [3.8, 4) is 44.8 Å². The van der Waals surface area contributed by atoms with Crippen molar-refractivity contribution in [1.29, 1.82) is 0 Å². The topological polar surface area (TPSA) is 79.8 Å². The predicted octanol–water partition coefficient (Wildman–Crippen LogP) is 12.5. The Morgan fingerprint density at radius 1 is 0.633 bits per heavy atom. The molecule has 306 valence electrons. The summed E-state index contributed by atoms with van der Waals surface area (Å²) in [6.45, 7) is 17.7. The summed E-state index contributed by atoms with van der Waals surface area (Å²) < 4.78 is 12.3. The predicted molar refractivity (Wildman–Crippen MR) is 248 cm³/mol. The third kappa shape index (κ3) is 7.22. The highest BCUT2D eigenvalue weighted by Gasteiger charge is 2.42. The first-order valence-electron chi connectivity index (χ1n) is 21.9. The van der Waals surface area contributed by atoms with Crippen molar-refractivity contribution < 1.29 is 8.83 Å². The molecule has 0 radical (unpaired) electrons. The lowest BCUT2D eigenvalue weighted by molar-refractivity contribution is 0.398. The first-order valence-corrected chi connectivity index (χ1v) is 21.9. The molecule has 5 heterocycles. The molecular formula is C53H55N3O4. The summed E-state index contributed by atoms with van der Waals surface area (Å²) in [6, 6.07) is 34.3. The van der Waals surface area contributed by atoms with Gasteiger partial charge in [-0.1, -0.05) is 103 Å². The third-order valence-corrected chi connectivity index (χ3v) is 13.1. The van der Waals surface area contributed by atoms with E-state index in [4.69, 9.17) is 13.8 Å². The van der Waals surface area contributed by atoms with Crippen molar-refractivity contribution in [2.45, 2.75) is 90.9 Å². The van der Waals surface area contributed by atoms with E-state index < -0.39 is 0 Å². The number of aromatic nitrogens is 1. The standard InChI is InChI=1S/C53H55N3O4/c1-7-9-25-55(26-10-8-2)40-22-21-38-30-42(50(57)59-46(38)33-40)36-13-11-14-37(29-36)45-16-12-15-44(54-45)35-19-17-34(18-20-35)41-31-39-32-43-48-47(49(39)60-51(41)58)53(5,6)24-28-56(48)27-23-52(43,3)4/h11-22,29-33H,7-10,23-28H2,1-6H3. The maximum absolute atomic E-state index is 13.8. The molecule has 7 aromatic rings. The Hall–Kier alpha value is -5.95. The molecule has 2 aliphatic heterocycles. The Balaban J connectivity index is 0.999. The lowest BCUT2D eigenvalue weighted by Crippen LogP contribution is -2.44. The summed E-state index contributed by atoms with van der Waals surface area (Å²) in [5.41, 5.74) is 11.5. The smallest absolute Gasteiger partial charge is 0.344 e. The zero-order chi connectivity index (χ0) is 41.8. The number of hydrogen-bond acceptors (Lipinski definition) is 7. The van der Waals surface area contributed by atoms with Crippen LogP contribution in [0.3, 0.4) is 0 Å². The molecule has 0 atom stereocenters. The minimum atomic E-state index is -0.360. The minimum absolute atomic E-state index is 0.0307. The van der Waals surface area contributed by atoms with Gasteiger partial charge in [-0.05, 0) is 102 Å². The van der Waals surface area contributed by atoms with Crippen LogP contribution in [-0.4, -0.2) is 31.2 Å². The number of rotatable bonds is 11. The molecule has 9 rings (SSSR count). The lowest BCUT2D eigenvalue weighted by atomic mass is 9.69. The molecule has 0 saturated heterocycles. The maximum Gasteiger partial charge on any atom is 0.344 e. The van der Waals surface area contributed by atoms with Crippen LogP contribution in [0, 0.1) is 0 Å². The average Bonchev–Trinajstić information content (AvgIpc) is 3.25. The van der Waals surface area contributed by atoms with Gasteiger partial charge in [-0.3, -0.25) is 0 Å². The number of unbranched alkanes of at least 4 members (excludes halogenated alkanes) is 2. The highest BCUT2D eigenvalue weighted by atomic mass is 16.4. The molecule has 0 unspecified atom stereocenters. The largest absolute Gasteiger partial charge is 0.422 e. The van der Waals surface area contributed by atoms with Gasteiger partial charge in [-0.2, -0.15) is 0 Å². The van der Waals surface area contributed by atoms with Crippen LogP contribution in [0.5, 0.6) is 0 Å². The van der Waals surface area contributed by atoms with Gasteiger partial charge >= 0.3 is 11.3 Å². The molecule has 0 aliphatic carbocycles. The van der Waals surface area contributed by atoms with Gasteiger partial charge in [0.25, 0.3) is 0 Å². The van der Waals surface area contributed by atoms with Gasteiger partial charge in [0, 0.05) is 71.1 Å². The molecule has 2 aliphatic rings. The molecule has 7 nitrogen and oxygen atoms in total. The Labute approximate surface area is 352 Å². The zero-order valence-corrected chi connectivity index (χ0v) is 35.9. The fraction of sp³-hybridized carbons (Fsp3) is 0.340. The second-order valence-electron chi connectivity index (χ2n) is 18.2. The lowest BCUT2D eigenvalue weighted by Gasteiger charge is -2.48. The van der Waals surface area contributed by atoms with Gasteiger partial charge in [0.2, 0.25) is 0 Å². The van der Waals surface area contributed by atoms with Crippen molar-refractivity contribution in [1.82, 2.24) is 4.98 Å². The van der Waals surface area contributed by atoms with E-state index in [0.29, 0.717) is 16.7 Å². The summed E-state index contributed by atoms with van der Waals surface area (Å²) in [6.07, 6.45) is 6.62. The molecule has 0 N–H and O–H groups in total. The van der Waals surface area contributed by atoms with Gasteiger partial charge in [-0.25, -0.2) is 14.6 Å². The molecule has 0 bridgehead atoms. The van der Waals surface area contributed by atoms with E-state index in [1.807, 2.05) is 84.9 Å². The van der Waals surface area contributed by atoms with Crippen molar-refractivity contribution >= 4 is 33.3 Å². The van der Waals surface area contributed by atoms with Crippen molar-refractivity contribution in [2.75, 3.05) is 36.0 Å². The SMILES string of the molecule is CCCCN(CCCC)c1ccc2cc(-c3cccc(-c4cccc(-c5ccc(-c6cc7cc8c9c(c7oc6=O)C(C)(C)CCN9CCC8(C)C)cc5)n4)c3)c(=O)oc2c1. The number of anilines is 2. The van der Waals surface area contributed by atoms with Crippen LogP contribution in [0.15, 0.2) is 122 Å². The van der Waals surface area contributed by atoms with E-state index in [0.717, 1.165) is 120 Å². The highest BCUT2D eigenvalue weighted by Crippen LogP contribution is 2.52. The second kappa shape index (κ2) is 15.6. The quantitative estimate of drug-likeness (QED) is 0.121. The van der Waals surface area contributed by atoms with Crippen LogP contribution in [0.1, 0.15) is 91.2 Å². The van der Waals surface area contributed by atoms with Gasteiger partial charge in [0.1, 0.15) is 11.2 Å². The summed E-state index contributed by atoms with van der Waals surface area (Å²) in [7, 11) is 0. The molecule has 0 fully saturated rings. The van der Waals surface area contributed by atoms with Crippen molar-refractivity contribution in [3.63, 3.8) is 0 Å². The first kappa shape index (κ1) is 39.5. The summed E-state index contributed by atoms with van der Waals surface area (Å²) in [5.74, 6) is 0. The zero-order valence-electron chi connectivity index (χ0n) is 35.9. The Morgan fingerprint density at radius 3 is 1.98 bits per heavy atom. The molecule has 3 aromatic heterocycles. The number of nitrogens with zero attached hydrogens (tertiary/aromatic N) is 3. The molecule has 0 spiro atoms. The monoisotopic (exact) mass is 797 g/mol. The Kier molecular flexibility index (Phi) is 10.3. The summed E-state index contributed by atoms with van der Waals surface area (Å²) in [4.78, 5) is 37.2. The first-order chi connectivity index (χ1) is 28.9. The third-order valence-electron chi connectivity index (χ3n) is 13.1. The van der Waals surface area contributed by atoms with Crippen LogP contribution < -0.4 is 21.1 Å². The molecule has 7 heteroatoms. The van der Waals surface area contributed by atoms with E-state index in [-0.39, 0.29) is 22.1 Å². The fourth-order valence-electron chi connectivity index (χ4n) is 9.34.